The van der Waals surface area contributed by atoms with Crippen LogP contribution < -0.4 is 15.5 Å². The fourth-order valence-electron chi connectivity index (χ4n) is 4.83. The van der Waals surface area contributed by atoms with E-state index in [0.717, 1.165) is 63.1 Å². The first-order valence-corrected chi connectivity index (χ1v) is 12.5. The number of aliphatic imine (C=N–C) groups is 1. The highest BCUT2D eigenvalue weighted by Crippen LogP contribution is 2.39. The molecule has 1 aromatic rings. The molecule has 0 bridgehead atoms. The fraction of sp³-hybridized carbons (Fsp3) is 0.500. The van der Waals surface area contributed by atoms with Crippen molar-refractivity contribution in [2.75, 3.05) is 31.1 Å². The number of hydrogen-bond donors (Lipinski definition) is 2. The number of hydrogen-bond acceptors (Lipinski definition) is 5. The third kappa shape index (κ3) is 5.64. The summed E-state index contributed by atoms with van der Waals surface area (Å²) in [5, 5.41) is 6.53. The summed E-state index contributed by atoms with van der Waals surface area (Å²) in [5.41, 5.74) is 4.89. The lowest BCUT2D eigenvalue weighted by Gasteiger charge is -2.32. The average molecular weight is 449 g/mol. The number of Topliss-reactive ketones (excluding diaryl/α,β-unsaturated/α-hetero) is 1. The summed E-state index contributed by atoms with van der Waals surface area (Å²) < 4.78 is 0. The van der Waals surface area contributed by atoms with Crippen LogP contribution in [0.4, 0.5) is 5.69 Å². The first kappa shape index (κ1) is 25.0. The van der Waals surface area contributed by atoms with E-state index in [9.17, 15) is 4.79 Å². The van der Waals surface area contributed by atoms with Gasteiger partial charge in [-0.2, -0.15) is 0 Å². The molecule has 0 aromatic heterocycles. The highest BCUT2D eigenvalue weighted by Gasteiger charge is 2.39. The SMILES string of the molecule is C=C1NC=C(C(=O)C2(C)CCCCC2)C1=N/C(=C\C)c1ccc(N2CCNCC2)cc1.CC. The molecule has 5 nitrogen and oxygen atoms in total. The minimum absolute atomic E-state index is 0.196. The van der Waals surface area contributed by atoms with Gasteiger partial charge in [0.05, 0.1) is 22.7 Å². The summed E-state index contributed by atoms with van der Waals surface area (Å²) in [6.07, 6.45) is 9.17. The molecule has 0 atom stereocenters. The summed E-state index contributed by atoms with van der Waals surface area (Å²) in [5.74, 6) is 0.196. The molecule has 2 fully saturated rings. The Bertz CT molecular complexity index is 927. The number of anilines is 1. The van der Waals surface area contributed by atoms with Crippen molar-refractivity contribution in [3.8, 4) is 0 Å². The van der Waals surface area contributed by atoms with Crippen molar-refractivity contribution in [3.05, 3.63) is 60.0 Å². The van der Waals surface area contributed by atoms with Gasteiger partial charge in [0.2, 0.25) is 0 Å². The van der Waals surface area contributed by atoms with Gasteiger partial charge in [0.15, 0.2) is 5.78 Å². The number of benzene rings is 1. The normalized spacial score (nSPS) is 21.8. The molecule has 4 rings (SSSR count). The van der Waals surface area contributed by atoms with Gasteiger partial charge >= 0.3 is 0 Å². The number of piperazine rings is 1. The predicted octanol–water partition coefficient (Wildman–Crippen LogP) is 5.46. The van der Waals surface area contributed by atoms with Crippen LogP contribution in [0.3, 0.4) is 0 Å². The molecule has 0 radical (unpaired) electrons. The maximum absolute atomic E-state index is 13.4. The Morgan fingerprint density at radius 2 is 1.73 bits per heavy atom. The molecule has 1 aromatic carbocycles. The second kappa shape index (κ2) is 11.5. The molecular formula is C28H40N4O. The second-order valence-electron chi connectivity index (χ2n) is 9.05. The topological polar surface area (TPSA) is 56.7 Å². The Labute approximate surface area is 199 Å². The van der Waals surface area contributed by atoms with Crippen molar-refractivity contribution in [1.82, 2.24) is 10.6 Å². The van der Waals surface area contributed by atoms with Crippen LogP contribution in [0.15, 0.2) is 59.4 Å². The summed E-state index contributed by atoms with van der Waals surface area (Å²) >= 11 is 0. The lowest BCUT2D eigenvalue weighted by molar-refractivity contribution is -0.125. The molecule has 33 heavy (non-hydrogen) atoms. The molecule has 0 spiro atoms. The number of ketones is 1. The quantitative estimate of drug-likeness (QED) is 0.628. The van der Waals surface area contributed by atoms with Crippen LogP contribution in [0.5, 0.6) is 0 Å². The first-order chi connectivity index (χ1) is 16.0. The average Bonchev–Trinajstić information content (AvgIpc) is 3.24. The predicted molar refractivity (Wildman–Crippen MR) is 141 cm³/mol. The van der Waals surface area contributed by atoms with Crippen LogP contribution in [0.1, 0.15) is 65.4 Å². The van der Waals surface area contributed by atoms with E-state index in [2.05, 4.69) is 53.3 Å². The van der Waals surface area contributed by atoms with E-state index in [4.69, 9.17) is 4.99 Å². The molecule has 0 amide bonds. The molecule has 178 valence electrons. The smallest absolute Gasteiger partial charge is 0.172 e. The Balaban J connectivity index is 0.00000149. The lowest BCUT2D eigenvalue weighted by atomic mass is 9.70. The number of rotatable bonds is 5. The van der Waals surface area contributed by atoms with Gasteiger partial charge in [-0.15, -0.1) is 0 Å². The molecule has 1 saturated carbocycles. The van der Waals surface area contributed by atoms with Crippen molar-refractivity contribution in [2.45, 2.75) is 59.8 Å². The molecular weight excluding hydrogens is 408 g/mol. The third-order valence-electron chi connectivity index (χ3n) is 6.83. The molecule has 0 unspecified atom stereocenters. The van der Waals surface area contributed by atoms with Crippen LogP contribution in [0.2, 0.25) is 0 Å². The van der Waals surface area contributed by atoms with Crippen molar-refractivity contribution in [1.29, 1.82) is 0 Å². The monoisotopic (exact) mass is 448 g/mol. The van der Waals surface area contributed by atoms with Gasteiger partial charge < -0.3 is 15.5 Å². The van der Waals surface area contributed by atoms with Gasteiger partial charge in [0.25, 0.3) is 0 Å². The van der Waals surface area contributed by atoms with Crippen LogP contribution in [0.25, 0.3) is 5.70 Å². The number of nitrogens with one attached hydrogen (secondary N) is 2. The van der Waals surface area contributed by atoms with E-state index < -0.39 is 0 Å². The van der Waals surface area contributed by atoms with Crippen molar-refractivity contribution in [3.63, 3.8) is 0 Å². The second-order valence-corrected chi connectivity index (χ2v) is 9.05. The third-order valence-corrected chi connectivity index (χ3v) is 6.83. The summed E-state index contributed by atoms with van der Waals surface area (Å²) in [6.45, 7) is 16.3. The van der Waals surface area contributed by atoms with Crippen molar-refractivity contribution < 1.29 is 4.79 Å². The Kier molecular flexibility index (Phi) is 8.67. The van der Waals surface area contributed by atoms with Gasteiger partial charge in [-0.05, 0) is 37.5 Å². The van der Waals surface area contributed by atoms with Crippen LogP contribution >= 0.6 is 0 Å². The van der Waals surface area contributed by atoms with E-state index >= 15 is 0 Å². The van der Waals surface area contributed by atoms with Crippen LogP contribution in [-0.2, 0) is 4.79 Å². The zero-order valence-corrected chi connectivity index (χ0v) is 20.8. The molecule has 3 aliphatic rings. The maximum atomic E-state index is 13.4. The molecule has 1 aliphatic carbocycles. The molecule has 1 saturated heterocycles. The maximum Gasteiger partial charge on any atom is 0.172 e. The largest absolute Gasteiger partial charge is 0.369 e. The zero-order chi connectivity index (χ0) is 23.8. The molecule has 2 N–H and O–H groups in total. The highest BCUT2D eigenvalue weighted by molar-refractivity contribution is 6.31. The minimum atomic E-state index is -0.293. The molecule has 5 heteroatoms. The number of carbonyl (C=O) groups excluding carboxylic acids is 1. The van der Waals surface area contributed by atoms with Gasteiger partial charge in [-0.25, -0.2) is 4.99 Å². The molecule has 2 heterocycles. The van der Waals surface area contributed by atoms with E-state index in [-0.39, 0.29) is 11.2 Å². The Hall–Kier alpha value is -2.66. The molecule has 2 aliphatic heterocycles. The number of carbonyl (C=O) groups is 1. The van der Waals surface area contributed by atoms with Crippen molar-refractivity contribution >= 4 is 22.9 Å². The standard InChI is InChI=1S/C26H34N4O.C2H6/c1-4-23(20-8-10-21(11-9-20)30-16-14-27-15-17-30)29-24-19(2)28-18-22(24)25(31)26(3)12-6-5-7-13-26;1-2/h4,8-11,18,27-28H,2,5-7,12-17H2,1,3H3;1-2H3/b23-4-,29-24?;. The van der Waals surface area contributed by atoms with Crippen LogP contribution in [0, 0.1) is 5.41 Å². The lowest BCUT2D eigenvalue weighted by Crippen LogP contribution is -2.43. The number of allylic oxidation sites excluding steroid dienone is 2. The highest BCUT2D eigenvalue weighted by atomic mass is 16.1. The zero-order valence-electron chi connectivity index (χ0n) is 20.8. The van der Waals surface area contributed by atoms with Gasteiger partial charge in [0, 0.05) is 43.5 Å². The van der Waals surface area contributed by atoms with Gasteiger partial charge in [0.1, 0.15) is 0 Å². The van der Waals surface area contributed by atoms with Gasteiger partial charge in [-0.1, -0.05) is 64.8 Å². The first-order valence-electron chi connectivity index (χ1n) is 12.5. The summed E-state index contributed by atoms with van der Waals surface area (Å²) in [4.78, 5) is 20.8. The Morgan fingerprint density at radius 3 is 2.33 bits per heavy atom. The van der Waals surface area contributed by atoms with E-state index in [1.165, 1.54) is 12.1 Å². The number of nitrogens with zero attached hydrogens (tertiary/aromatic N) is 2. The summed E-state index contributed by atoms with van der Waals surface area (Å²) in [7, 11) is 0. The van der Waals surface area contributed by atoms with Crippen LogP contribution in [-0.4, -0.2) is 37.7 Å². The van der Waals surface area contributed by atoms with Crippen molar-refractivity contribution in [2.24, 2.45) is 10.4 Å². The van der Waals surface area contributed by atoms with E-state index in [1.54, 1.807) is 6.20 Å². The Morgan fingerprint density at radius 1 is 1.09 bits per heavy atom. The van der Waals surface area contributed by atoms with E-state index in [1.807, 2.05) is 26.8 Å². The summed E-state index contributed by atoms with van der Waals surface area (Å²) in [6, 6.07) is 8.57. The minimum Gasteiger partial charge on any atom is -0.369 e. The van der Waals surface area contributed by atoms with E-state index in [0.29, 0.717) is 17.0 Å². The fourth-order valence-corrected chi connectivity index (χ4v) is 4.83. The van der Waals surface area contributed by atoms with Gasteiger partial charge in [-0.3, -0.25) is 4.79 Å².